The number of nitrogens with zero attached hydrogens (tertiary/aromatic N) is 3. The maximum atomic E-state index is 14.0. The Morgan fingerprint density at radius 2 is 1.83 bits per heavy atom. The third-order valence-corrected chi connectivity index (χ3v) is 7.51. The van der Waals surface area contributed by atoms with E-state index in [-0.39, 0.29) is 29.7 Å². The molecular weight excluding hydrogens is 545 g/mol. The number of benzene rings is 2. The molecule has 0 saturated heterocycles. The summed E-state index contributed by atoms with van der Waals surface area (Å²) < 4.78 is 58.2. The molecule has 1 fully saturated rings. The van der Waals surface area contributed by atoms with Gasteiger partial charge in [-0.3, -0.25) is 4.79 Å². The fourth-order valence-electron chi connectivity index (χ4n) is 5.46. The third-order valence-electron chi connectivity index (χ3n) is 7.51. The van der Waals surface area contributed by atoms with Gasteiger partial charge in [-0.25, -0.2) is 0 Å². The molecular formula is C28H25F3N4O6. The van der Waals surface area contributed by atoms with E-state index in [0.29, 0.717) is 29.7 Å². The third kappa shape index (κ3) is 5.30. The quantitative estimate of drug-likeness (QED) is 0.286. The molecule has 3 N–H and O–H groups in total. The van der Waals surface area contributed by atoms with Crippen molar-refractivity contribution in [1.82, 2.24) is 20.6 Å². The van der Waals surface area contributed by atoms with E-state index < -0.39 is 47.4 Å². The number of aromatic nitrogens is 3. The standard InChI is InChI=1S/C28H25F3N4O6/c29-28(30,31)21-22(14-5-2-1-3-6-14)34-40-24(21)26-33-25(35-41-26)15-9-10-18-20(12-15)39-13-19(23(18)36)32-17-8-4-7-16(11-17)27(37)38/h1-3,5-6,9-10,12,16-17,19,23,32,36H,4,7-8,11,13H2,(H,37,38)/t16?,17?,19-,23-/m0/s1. The SMILES string of the molecule is O=C(O)C1CCCC(N[C@H]2COc3cc(-c4noc(-c5onc(-c6ccccc6)c5C(F)(F)F)n4)ccc3[C@@H]2O)C1. The summed E-state index contributed by atoms with van der Waals surface area (Å²) in [6.45, 7) is 0.138. The lowest BCUT2D eigenvalue weighted by atomic mass is 9.85. The van der Waals surface area contributed by atoms with Crippen LogP contribution in [0.2, 0.25) is 0 Å². The molecule has 1 saturated carbocycles. The van der Waals surface area contributed by atoms with Gasteiger partial charge in [0.05, 0.1) is 12.0 Å². The van der Waals surface area contributed by atoms with Gasteiger partial charge in [0.1, 0.15) is 29.7 Å². The van der Waals surface area contributed by atoms with Crippen molar-refractivity contribution >= 4 is 5.97 Å². The van der Waals surface area contributed by atoms with Crippen LogP contribution in [0.15, 0.2) is 57.6 Å². The molecule has 2 aliphatic rings. The Balaban J connectivity index is 1.22. The van der Waals surface area contributed by atoms with Crippen LogP contribution in [0.25, 0.3) is 34.3 Å². The monoisotopic (exact) mass is 570 g/mol. The van der Waals surface area contributed by atoms with E-state index in [1.807, 2.05) is 0 Å². The molecule has 2 aromatic carbocycles. The zero-order valence-corrected chi connectivity index (χ0v) is 21.5. The van der Waals surface area contributed by atoms with Crippen molar-refractivity contribution in [3.8, 4) is 40.0 Å². The number of carboxylic acid groups (broad SMARTS) is 1. The van der Waals surface area contributed by atoms with Crippen LogP contribution in [-0.2, 0) is 11.0 Å². The smallest absolute Gasteiger partial charge is 0.422 e. The molecule has 4 aromatic rings. The lowest BCUT2D eigenvalue weighted by Gasteiger charge is -2.36. The minimum Gasteiger partial charge on any atom is -0.491 e. The Bertz CT molecular complexity index is 1550. The van der Waals surface area contributed by atoms with E-state index in [1.165, 1.54) is 12.1 Å². The summed E-state index contributed by atoms with van der Waals surface area (Å²) in [5, 5.41) is 31.2. The van der Waals surface area contributed by atoms with Gasteiger partial charge in [0.15, 0.2) is 0 Å². The van der Waals surface area contributed by atoms with E-state index >= 15 is 0 Å². The van der Waals surface area contributed by atoms with Crippen LogP contribution in [0.5, 0.6) is 5.75 Å². The van der Waals surface area contributed by atoms with Crippen molar-refractivity contribution in [2.45, 2.75) is 50.0 Å². The molecule has 1 aliphatic carbocycles. The number of halogens is 3. The number of alkyl halides is 3. The highest BCUT2D eigenvalue weighted by atomic mass is 19.4. The molecule has 0 spiro atoms. The number of carboxylic acids is 1. The van der Waals surface area contributed by atoms with Gasteiger partial charge in [-0.15, -0.1) is 0 Å². The predicted octanol–water partition coefficient (Wildman–Crippen LogP) is 5.10. The summed E-state index contributed by atoms with van der Waals surface area (Å²) in [4.78, 5) is 15.5. The van der Waals surface area contributed by atoms with E-state index in [2.05, 4.69) is 20.6 Å². The van der Waals surface area contributed by atoms with Crippen LogP contribution >= 0.6 is 0 Å². The first kappa shape index (κ1) is 27.0. The van der Waals surface area contributed by atoms with Crippen LogP contribution in [0.4, 0.5) is 13.2 Å². The molecule has 3 heterocycles. The van der Waals surface area contributed by atoms with Gasteiger partial charge in [-0.05, 0) is 25.3 Å². The van der Waals surface area contributed by atoms with Gasteiger partial charge in [0, 0.05) is 22.7 Å². The topological polar surface area (TPSA) is 144 Å². The molecule has 2 aromatic heterocycles. The van der Waals surface area contributed by atoms with Crippen LogP contribution in [0.3, 0.4) is 0 Å². The van der Waals surface area contributed by atoms with E-state index in [9.17, 15) is 28.2 Å². The van der Waals surface area contributed by atoms with Crippen LogP contribution in [0.1, 0.15) is 42.9 Å². The Morgan fingerprint density at radius 3 is 2.59 bits per heavy atom. The largest absolute Gasteiger partial charge is 0.491 e. The summed E-state index contributed by atoms with van der Waals surface area (Å²) in [6.07, 6.45) is -2.99. The van der Waals surface area contributed by atoms with Crippen molar-refractivity contribution in [3.05, 3.63) is 59.7 Å². The van der Waals surface area contributed by atoms with Gasteiger partial charge >= 0.3 is 12.1 Å². The number of aliphatic hydroxyl groups is 1. The predicted molar refractivity (Wildman–Crippen MR) is 136 cm³/mol. The van der Waals surface area contributed by atoms with Crippen molar-refractivity contribution in [2.75, 3.05) is 6.61 Å². The van der Waals surface area contributed by atoms with Gasteiger partial charge in [0.2, 0.25) is 11.6 Å². The first-order valence-corrected chi connectivity index (χ1v) is 13.1. The van der Waals surface area contributed by atoms with Gasteiger partial charge < -0.3 is 29.3 Å². The first-order chi connectivity index (χ1) is 19.7. The number of aliphatic carboxylic acids is 1. The number of ether oxygens (including phenoxy) is 1. The van der Waals surface area contributed by atoms with Crippen LogP contribution in [0, 0.1) is 5.92 Å². The average molecular weight is 571 g/mol. The molecule has 6 rings (SSSR count). The second-order valence-electron chi connectivity index (χ2n) is 10.2. The molecule has 1 aliphatic heterocycles. The Kier molecular flexibility index (Phi) is 6.99. The number of hydrogen-bond acceptors (Lipinski definition) is 9. The number of aliphatic hydroxyl groups excluding tert-OH is 1. The summed E-state index contributed by atoms with van der Waals surface area (Å²) in [7, 11) is 0. The molecule has 214 valence electrons. The number of rotatable bonds is 6. The summed E-state index contributed by atoms with van der Waals surface area (Å²) >= 11 is 0. The van der Waals surface area contributed by atoms with Crippen molar-refractivity contribution in [1.29, 1.82) is 0 Å². The highest BCUT2D eigenvalue weighted by molar-refractivity contribution is 5.71. The minimum absolute atomic E-state index is 0.00570. The van der Waals surface area contributed by atoms with Crippen molar-refractivity contribution in [3.63, 3.8) is 0 Å². The van der Waals surface area contributed by atoms with Crippen molar-refractivity contribution < 1.29 is 42.0 Å². The highest BCUT2D eigenvalue weighted by Crippen LogP contribution is 2.43. The molecule has 0 bridgehead atoms. The molecule has 0 amide bonds. The molecule has 4 atom stereocenters. The summed E-state index contributed by atoms with van der Waals surface area (Å²) in [6, 6.07) is 12.1. The van der Waals surface area contributed by atoms with Crippen LogP contribution in [-0.4, -0.2) is 50.2 Å². The first-order valence-electron chi connectivity index (χ1n) is 13.1. The molecule has 13 heteroatoms. The minimum atomic E-state index is -4.80. The summed E-state index contributed by atoms with van der Waals surface area (Å²) in [5.74, 6) is -2.04. The molecule has 10 nitrogen and oxygen atoms in total. The van der Waals surface area contributed by atoms with Gasteiger partial charge in [0.25, 0.3) is 5.89 Å². The van der Waals surface area contributed by atoms with E-state index in [0.717, 1.165) is 12.8 Å². The molecule has 0 radical (unpaired) electrons. The summed E-state index contributed by atoms with van der Waals surface area (Å²) in [5.41, 5.74) is -0.391. The fraction of sp³-hybridized carbons (Fsp3) is 0.357. The number of nitrogens with one attached hydrogen (secondary N) is 1. The Hall–Kier alpha value is -4.23. The number of fused-ring (bicyclic) bond motifs is 1. The normalized spacial score (nSPS) is 22.6. The van der Waals surface area contributed by atoms with Gasteiger partial charge in [-0.1, -0.05) is 59.2 Å². The van der Waals surface area contributed by atoms with Crippen molar-refractivity contribution in [2.24, 2.45) is 5.92 Å². The lowest BCUT2D eigenvalue weighted by Crippen LogP contribution is -2.49. The van der Waals surface area contributed by atoms with Crippen LogP contribution < -0.4 is 10.1 Å². The highest BCUT2D eigenvalue weighted by Gasteiger charge is 2.43. The maximum absolute atomic E-state index is 14.0. The fourth-order valence-corrected chi connectivity index (χ4v) is 5.46. The van der Waals surface area contributed by atoms with E-state index in [1.54, 1.807) is 36.4 Å². The molecule has 41 heavy (non-hydrogen) atoms. The lowest BCUT2D eigenvalue weighted by molar-refractivity contribution is -0.143. The van der Waals surface area contributed by atoms with Gasteiger partial charge in [-0.2, -0.15) is 18.2 Å². The van der Waals surface area contributed by atoms with E-state index in [4.69, 9.17) is 13.8 Å². The second kappa shape index (κ2) is 10.6. The zero-order chi connectivity index (χ0) is 28.7. The number of hydrogen-bond donors (Lipinski definition) is 3. The Labute approximate surface area is 231 Å². The molecule has 2 unspecified atom stereocenters. The second-order valence-corrected chi connectivity index (χ2v) is 10.2. The maximum Gasteiger partial charge on any atom is 0.422 e. The Morgan fingerprint density at radius 1 is 1.02 bits per heavy atom. The zero-order valence-electron chi connectivity index (χ0n) is 21.5. The number of carbonyl (C=O) groups is 1. The average Bonchev–Trinajstić information content (AvgIpc) is 3.63.